The average Bonchev–Trinajstić information content (AvgIpc) is 3.70. The SMILES string of the molecule is CC(C)(C)c1ccc(-c2[c-]cccc2)nc1.N#Cc1ccc2c(oc3c(-c4ccccn4)[c-]ccc32)c1-n1c2cc(F)ccc2c2ccc(F)cc21.[Ir]. The molecule has 4 aromatic heterocycles. The molecule has 0 fully saturated rings. The topological polar surface area (TPSA) is 67.6 Å². The van der Waals surface area contributed by atoms with E-state index in [2.05, 4.69) is 61.1 Å². The van der Waals surface area contributed by atoms with Crippen molar-refractivity contribution >= 4 is 43.7 Å². The second-order valence-corrected chi connectivity index (χ2v) is 13.5. The number of hydrogen-bond donors (Lipinski definition) is 0. The second kappa shape index (κ2) is 14.2. The van der Waals surface area contributed by atoms with Crippen molar-refractivity contribution in [2.75, 3.05) is 0 Å². The minimum absolute atomic E-state index is 0. The minimum atomic E-state index is -0.436. The van der Waals surface area contributed by atoms with Crippen LogP contribution in [0.5, 0.6) is 0 Å². The number of halogens is 2. The first-order valence-corrected chi connectivity index (χ1v) is 16.8. The zero-order valence-electron chi connectivity index (χ0n) is 28.9. The predicted octanol–water partition coefficient (Wildman–Crippen LogP) is 11.5. The number of nitriles is 1. The molecule has 0 N–H and O–H groups in total. The number of nitrogens with zero attached hydrogens (tertiary/aromatic N) is 4. The van der Waals surface area contributed by atoms with Gasteiger partial charge >= 0.3 is 0 Å². The summed E-state index contributed by atoms with van der Waals surface area (Å²) < 4.78 is 37.1. The molecule has 0 unspecified atom stereocenters. The van der Waals surface area contributed by atoms with E-state index in [4.69, 9.17) is 4.42 Å². The smallest absolute Gasteiger partial charge is 0.146 e. The number of hydrogen-bond acceptors (Lipinski definition) is 4. The van der Waals surface area contributed by atoms with Crippen LogP contribution in [-0.2, 0) is 25.5 Å². The van der Waals surface area contributed by atoms with E-state index in [-0.39, 0.29) is 25.5 Å². The molecule has 9 rings (SSSR count). The maximum atomic E-state index is 14.5. The first-order chi connectivity index (χ1) is 25.2. The van der Waals surface area contributed by atoms with Crippen molar-refractivity contribution in [1.29, 1.82) is 5.26 Å². The van der Waals surface area contributed by atoms with Gasteiger partial charge in [-0.15, -0.1) is 54.1 Å². The molecule has 0 spiro atoms. The van der Waals surface area contributed by atoms with Crippen LogP contribution in [0.25, 0.3) is 71.9 Å². The minimum Gasteiger partial charge on any atom is -0.498 e. The van der Waals surface area contributed by atoms with Gasteiger partial charge in [0.15, 0.2) is 0 Å². The third-order valence-electron chi connectivity index (χ3n) is 9.15. The Hall–Kier alpha value is -6.00. The van der Waals surface area contributed by atoms with Gasteiger partial charge in [0.05, 0.1) is 22.2 Å². The Morgan fingerprint density at radius 3 is 2.00 bits per heavy atom. The number of benzene rings is 5. The molecule has 0 bridgehead atoms. The largest absolute Gasteiger partial charge is 0.498 e. The first-order valence-electron chi connectivity index (χ1n) is 16.8. The van der Waals surface area contributed by atoms with Gasteiger partial charge in [-0.05, 0) is 70.9 Å². The van der Waals surface area contributed by atoms with Crippen molar-refractivity contribution in [3.63, 3.8) is 0 Å². The fourth-order valence-electron chi connectivity index (χ4n) is 6.56. The third kappa shape index (κ3) is 6.51. The number of fused-ring (bicyclic) bond motifs is 6. The Bertz CT molecular complexity index is 2740. The Morgan fingerprint density at radius 2 is 1.40 bits per heavy atom. The van der Waals surface area contributed by atoms with E-state index in [1.165, 1.54) is 29.8 Å². The molecule has 0 aliphatic carbocycles. The van der Waals surface area contributed by atoms with E-state index >= 15 is 0 Å². The van der Waals surface area contributed by atoms with E-state index in [1.807, 2.05) is 66.9 Å². The molecule has 1 radical (unpaired) electrons. The summed E-state index contributed by atoms with van der Waals surface area (Å²) in [5, 5.41) is 13.1. The Morgan fingerprint density at radius 1 is 0.698 bits per heavy atom. The molecular formula is C45H30F2IrN4O-2. The van der Waals surface area contributed by atoms with E-state index < -0.39 is 11.6 Å². The van der Waals surface area contributed by atoms with Crippen LogP contribution in [0.4, 0.5) is 8.78 Å². The maximum Gasteiger partial charge on any atom is 0.146 e. The normalized spacial score (nSPS) is 11.3. The van der Waals surface area contributed by atoms with Crippen LogP contribution in [0.2, 0.25) is 0 Å². The van der Waals surface area contributed by atoms with Crippen LogP contribution < -0.4 is 0 Å². The molecule has 0 saturated carbocycles. The maximum absolute atomic E-state index is 14.5. The van der Waals surface area contributed by atoms with E-state index in [9.17, 15) is 14.0 Å². The molecule has 0 atom stereocenters. The van der Waals surface area contributed by atoms with Gasteiger partial charge in [0.1, 0.15) is 29.0 Å². The summed E-state index contributed by atoms with van der Waals surface area (Å²) in [6, 6.07) is 42.5. The van der Waals surface area contributed by atoms with E-state index in [1.54, 1.807) is 29.0 Å². The van der Waals surface area contributed by atoms with Crippen LogP contribution in [0, 0.1) is 35.1 Å². The fraction of sp³-hybridized carbons (Fsp3) is 0.0889. The summed E-state index contributed by atoms with van der Waals surface area (Å²) in [5.74, 6) is -0.872. The number of furan rings is 1. The quantitative estimate of drug-likeness (QED) is 0.166. The molecule has 261 valence electrons. The van der Waals surface area contributed by atoms with E-state index in [0.717, 1.165) is 32.8 Å². The first kappa shape index (κ1) is 35.4. The van der Waals surface area contributed by atoms with E-state index in [0.29, 0.717) is 44.7 Å². The van der Waals surface area contributed by atoms with Gasteiger partial charge < -0.3 is 19.0 Å². The van der Waals surface area contributed by atoms with Gasteiger partial charge in [-0.3, -0.25) is 0 Å². The van der Waals surface area contributed by atoms with Gasteiger partial charge in [-0.2, -0.15) is 5.26 Å². The van der Waals surface area contributed by atoms with Gasteiger partial charge in [0, 0.05) is 48.7 Å². The van der Waals surface area contributed by atoms with Gasteiger partial charge in [-0.1, -0.05) is 62.1 Å². The van der Waals surface area contributed by atoms with Crippen LogP contribution in [-0.4, -0.2) is 14.5 Å². The molecule has 0 aliphatic rings. The van der Waals surface area contributed by atoms with Crippen LogP contribution in [0.1, 0.15) is 31.9 Å². The van der Waals surface area contributed by atoms with Crippen molar-refractivity contribution < 1.29 is 33.3 Å². The molecule has 5 aromatic carbocycles. The summed E-state index contributed by atoms with van der Waals surface area (Å²) in [5.41, 5.74) is 7.60. The molecule has 4 heterocycles. The Kier molecular flexibility index (Phi) is 9.48. The third-order valence-corrected chi connectivity index (χ3v) is 9.15. The zero-order valence-corrected chi connectivity index (χ0v) is 31.3. The van der Waals surface area contributed by atoms with Gasteiger partial charge in [-0.25, -0.2) is 8.78 Å². The van der Waals surface area contributed by atoms with Crippen molar-refractivity contribution in [2.45, 2.75) is 26.2 Å². The summed E-state index contributed by atoms with van der Waals surface area (Å²) >= 11 is 0. The molecule has 5 nitrogen and oxygen atoms in total. The van der Waals surface area contributed by atoms with Gasteiger partial charge in [0.2, 0.25) is 0 Å². The number of pyridine rings is 2. The zero-order chi connectivity index (χ0) is 36.0. The van der Waals surface area contributed by atoms with Crippen LogP contribution in [0.15, 0.2) is 132 Å². The second-order valence-electron chi connectivity index (χ2n) is 13.5. The summed E-state index contributed by atoms with van der Waals surface area (Å²) in [4.78, 5) is 8.93. The number of rotatable bonds is 3. The molecule has 53 heavy (non-hydrogen) atoms. The number of aromatic nitrogens is 3. The Labute approximate surface area is 318 Å². The summed E-state index contributed by atoms with van der Waals surface area (Å²) in [6.45, 7) is 6.58. The molecular weight excluding hydrogens is 843 g/mol. The van der Waals surface area contributed by atoms with Crippen molar-refractivity contribution in [2.24, 2.45) is 0 Å². The van der Waals surface area contributed by atoms with Crippen LogP contribution >= 0.6 is 0 Å². The monoisotopic (exact) mass is 873 g/mol. The van der Waals surface area contributed by atoms with Crippen molar-refractivity contribution in [3.8, 4) is 34.3 Å². The predicted molar refractivity (Wildman–Crippen MR) is 202 cm³/mol. The molecule has 0 aliphatic heterocycles. The van der Waals surface area contributed by atoms with Crippen molar-refractivity contribution in [1.82, 2.24) is 14.5 Å². The molecule has 8 heteroatoms. The fourth-order valence-corrected chi connectivity index (χ4v) is 6.56. The summed E-state index contributed by atoms with van der Waals surface area (Å²) in [7, 11) is 0. The molecule has 0 saturated heterocycles. The van der Waals surface area contributed by atoms with Gasteiger partial charge in [0.25, 0.3) is 0 Å². The Balaban J connectivity index is 0.000000216. The summed E-state index contributed by atoms with van der Waals surface area (Å²) in [6.07, 6.45) is 3.65. The van der Waals surface area contributed by atoms with Crippen molar-refractivity contribution in [3.05, 3.63) is 163 Å². The molecule has 9 aromatic rings. The standard InChI is InChI=1S/C30H14F2N3O.C15H16N.Ir/c31-18-8-11-20-21-12-9-19(32)15-27(21)35(26(20)14-18)28-17(16-33)7-10-23-22-4-3-5-24(29(22)36-30(23)28)25-6-1-2-13-34-25;1-15(2,3)13-9-10-14(16-11-13)12-7-5-4-6-8-12;/h1-4,6-15H;4-7,9-11H,1-3H3;/q2*-1;. The average molecular weight is 873 g/mol. The van der Waals surface area contributed by atoms with Crippen LogP contribution in [0.3, 0.4) is 0 Å². The molecule has 0 amide bonds.